The zero-order valence-corrected chi connectivity index (χ0v) is 13.0. The van der Waals surface area contributed by atoms with Crippen molar-refractivity contribution in [1.29, 1.82) is 0 Å². The lowest BCUT2D eigenvalue weighted by Crippen LogP contribution is -2.29. The molecule has 1 unspecified atom stereocenters. The monoisotopic (exact) mass is 324 g/mol. The van der Waals surface area contributed by atoms with E-state index in [0.717, 1.165) is 5.56 Å². The van der Waals surface area contributed by atoms with E-state index in [9.17, 15) is 14.9 Å². The summed E-state index contributed by atoms with van der Waals surface area (Å²) in [5.41, 5.74) is 2.05. The quantitative estimate of drug-likeness (QED) is 0.556. The van der Waals surface area contributed by atoms with Crippen molar-refractivity contribution in [3.05, 3.63) is 70.0 Å². The van der Waals surface area contributed by atoms with Crippen LogP contribution in [0.4, 0.5) is 5.69 Å². The minimum Gasteiger partial charge on any atom is -0.342 e. The average Bonchev–Trinajstić information content (AvgIpc) is 3.02. The molecule has 0 spiro atoms. The summed E-state index contributed by atoms with van der Waals surface area (Å²) in [6.07, 6.45) is 0.356. The van der Waals surface area contributed by atoms with Gasteiger partial charge >= 0.3 is 0 Å². The first-order valence-corrected chi connectivity index (χ1v) is 7.57. The lowest BCUT2D eigenvalue weighted by atomic mass is 10.1. The summed E-state index contributed by atoms with van der Waals surface area (Å²) in [5, 5.41) is 13.8. The van der Waals surface area contributed by atoms with Gasteiger partial charge in [0.15, 0.2) is 0 Å². The van der Waals surface area contributed by atoms with E-state index in [1.54, 1.807) is 13.0 Å². The number of nitrogens with zero attached hydrogens (tertiary/aromatic N) is 2. The van der Waals surface area contributed by atoms with Crippen molar-refractivity contribution < 1.29 is 9.72 Å². The highest BCUT2D eigenvalue weighted by molar-refractivity contribution is 5.79. The van der Waals surface area contributed by atoms with Gasteiger partial charge in [-0.1, -0.05) is 37.3 Å². The van der Waals surface area contributed by atoms with E-state index in [2.05, 4.69) is 15.3 Å². The van der Waals surface area contributed by atoms with Crippen molar-refractivity contribution >= 4 is 22.6 Å². The van der Waals surface area contributed by atoms with Gasteiger partial charge < -0.3 is 10.3 Å². The Labute approximate surface area is 137 Å². The van der Waals surface area contributed by atoms with Gasteiger partial charge in [-0.15, -0.1) is 0 Å². The van der Waals surface area contributed by atoms with Gasteiger partial charge in [0, 0.05) is 18.6 Å². The number of benzene rings is 2. The summed E-state index contributed by atoms with van der Waals surface area (Å²) < 4.78 is 0. The summed E-state index contributed by atoms with van der Waals surface area (Å²) in [6, 6.07) is 13.5. The van der Waals surface area contributed by atoms with Gasteiger partial charge in [0.2, 0.25) is 5.91 Å². The Morgan fingerprint density at radius 1 is 1.29 bits per heavy atom. The van der Waals surface area contributed by atoms with Gasteiger partial charge in [-0.05, 0) is 11.6 Å². The van der Waals surface area contributed by atoms with Gasteiger partial charge in [0.05, 0.1) is 16.0 Å². The average molecular weight is 324 g/mol. The second-order valence-electron chi connectivity index (χ2n) is 5.35. The van der Waals surface area contributed by atoms with Gasteiger partial charge in [0.1, 0.15) is 11.9 Å². The summed E-state index contributed by atoms with van der Waals surface area (Å²) in [5.74, 6) is 0.439. The number of amides is 1. The highest BCUT2D eigenvalue weighted by Crippen LogP contribution is 2.25. The van der Waals surface area contributed by atoms with Crippen LogP contribution in [-0.4, -0.2) is 20.8 Å². The molecule has 3 aromatic rings. The number of nitro benzene ring substituents is 1. The number of rotatable bonds is 5. The number of non-ortho nitro benzene ring substituents is 1. The molecule has 2 aromatic carbocycles. The normalized spacial score (nSPS) is 12.0. The zero-order valence-electron chi connectivity index (χ0n) is 13.0. The first-order chi connectivity index (χ1) is 11.6. The number of aromatic nitrogens is 2. The third-order valence-electron chi connectivity index (χ3n) is 3.73. The summed E-state index contributed by atoms with van der Waals surface area (Å²) in [6.45, 7) is 1.78. The third-order valence-corrected chi connectivity index (χ3v) is 3.73. The maximum atomic E-state index is 11.9. The molecule has 7 nitrogen and oxygen atoms in total. The van der Waals surface area contributed by atoms with Gasteiger partial charge in [-0.3, -0.25) is 14.9 Å². The number of carbonyl (C=O) groups is 1. The molecular weight excluding hydrogens is 308 g/mol. The maximum Gasteiger partial charge on any atom is 0.271 e. The largest absolute Gasteiger partial charge is 0.342 e. The van der Waals surface area contributed by atoms with Crippen LogP contribution in [0.3, 0.4) is 0 Å². The Kier molecular flexibility index (Phi) is 4.24. The molecule has 2 N–H and O–H groups in total. The third kappa shape index (κ3) is 3.10. The van der Waals surface area contributed by atoms with E-state index in [0.29, 0.717) is 23.3 Å². The van der Waals surface area contributed by atoms with Crippen LogP contribution >= 0.6 is 0 Å². The molecule has 0 aliphatic carbocycles. The minimum atomic E-state index is -0.451. The van der Waals surface area contributed by atoms with Gasteiger partial charge in [0.25, 0.3) is 5.69 Å². The van der Waals surface area contributed by atoms with Crippen molar-refractivity contribution in [1.82, 2.24) is 15.3 Å². The lowest BCUT2D eigenvalue weighted by molar-refractivity contribution is -0.384. The van der Waals surface area contributed by atoms with Crippen LogP contribution in [0, 0.1) is 10.1 Å². The van der Waals surface area contributed by atoms with E-state index in [1.165, 1.54) is 12.1 Å². The first kappa shape index (κ1) is 15.7. The fraction of sp³-hybridized carbons (Fsp3) is 0.176. The highest BCUT2D eigenvalue weighted by Gasteiger charge is 2.20. The summed E-state index contributed by atoms with van der Waals surface area (Å²) in [4.78, 5) is 29.9. The number of nitrogens with one attached hydrogen (secondary N) is 2. The number of hydrogen-bond acceptors (Lipinski definition) is 4. The van der Waals surface area contributed by atoms with Crippen LogP contribution < -0.4 is 5.32 Å². The molecule has 0 aliphatic rings. The molecule has 1 atom stereocenters. The molecule has 0 saturated heterocycles. The van der Waals surface area contributed by atoms with E-state index >= 15 is 0 Å². The van der Waals surface area contributed by atoms with Crippen LogP contribution in [0.1, 0.15) is 30.8 Å². The lowest BCUT2D eigenvalue weighted by Gasteiger charge is -2.16. The van der Waals surface area contributed by atoms with Crippen molar-refractivity contribution in [3.63, 3.8) is 0 Å². The van der Waals surface area contributed by atoms with E-state index in [4.69, 9.17) is 0 Å². The Morgan fingerprint density at radius 2 is 2.04 bits per heavy atom. The molecule has 122 valence electrons. The first-order valence-electron chi connectivity index (χ1n) is 7.57. The van der Waals surface area contributed by atoms with Crippen LogP contribution in [0.25, 0.3) is 11.0 Å². The topological polar surface area (TPSA) is 101 Å². The van der Waals surface area contributed by atoms with Crippen LogP contribution in [-0.2, 0) is 4.79 Å². The predicted molar refractivity (Wildman–Crippen MR) is 89.5 cm³/mol. The fourth-order valence-electron chi connectivity index (χ4n) is 2.49. The number of imidazole rings is 1. The Morgan fingerprint density at radius 3 is 2.71 bits per heavy atom. The second-order valence-corrected chi connectivity index (χ2v) is 5.35. The molecule has 1 amide bonds. The number of fused-ring (bicyclic) bond motifs is 1. The molecule has 24 heavy (non-hydrogen) atoms. The maximum absolute atomic E-state index is 11.9. The second kappa shape index (κ2) is 6.49. The molecule has 0 saturated carbocycles. The van der Waals surface area contributed by atoms with E-state index < -0.39 is 11.0 Å². The van der Waals surface area contributed by atoms with Crippen molar-refractivity contribution in [3.8, 4) is 0 Å². The Hall–Kier alpha value is -3.22. The van der Waals surface area contributed by atoms with Crippen LogP contribution in [0.2, 0.25) is 0 Å². The number of aromatic amines is 1. The molecule has 1 aromatic heterocycles. The predicted octanol–water partition coefficient (Wildman–Crippen LogP) is 3.09. The highest BCUT2D eigenvalue weighted by atomic mass is 16.6. The van der Waals surface area contributed by atoms with Crippen molar-refractivity contribution in [2.45, 2.75) is 19.4 Å². The standard InChI is InChI=1S/C17H16N4O3/c1-2-15(22)20-16(11-6-4-3-5-7-11)17-18-13-9-8-12(21(23)24)10-14(13)19-17/h3-10,16H,2H2,1H3,(H,18,19)(H,20,22). The Bertz CT molecular complexity index is 889. The molecule has 3 rings (SSSR count). The fourth-order valence-corrected chi connectivity index (χ4v) is 2.49. The SMILES string of the molecule is CCC(=O)NC(c1ccccc1)c1nc2ccc([N+](=O)[O-])cc2[nH]1. The summed E-state index contributed by atoms with van der Waals surface area (Å²) in [7, 11) is 0. The number of nitro groups is 1. The smallest absolute Gasteiger partial charge is 0.271 e. The minimum absolute atomic E-state index is 0.00782. The van der Waals surface area contributed by atoms with Crippen molar-refractivity contribution in [2.75, 3.05) is 0 Å². The molecule has 7 heteroatoms. The molecule has 0 aliphatic heterocycles. The molecule has 0 radical (unpaired) electrons. The zero-order chi connectivity index (χ0) is 17.1. The van der Waals surface area contributed by atoms with Crippen LogP contribution in [0.15, 0.2) is 48.5 Å². The number of carbonyl (C=O) groups excluding carboxylic acids is 1. The Balaban J connectivity index is 2.05. The number of H-pyrrole nitrogens is 1. The van der Waals surface area contributed by atoms with E-state index in [-0.39, 0.29) is 11.6 Å². The summed E-state index contributed by atoms with van der Waals surface area (Å²) >= 11 is 0. The molecule has 0 fully saturated rings. The number of hydrogen-bond donors (Lipinski definition) is 2. The molecule has 0 bridgehead atoms. The molecule has 1 heterocycles. The van der Waals surface area contributed by atoms with E-state index in [1.807, 2.05) is 30.3 Å². The van der Waals surface area contributed by atoms with Gasteiger partial charge in [-0.25, -0.2) is 4.98 Å². The van der Waals surface area contributed by atoms with Crippen LogP contribution in [0.5, 0.6) is 0 Å². The van der Waals surface area contributed by atoms with Crippen molar-refractivity contribution in [2.24, 2.45) is 0 Å². The van der Waals surface area contributed by atoms with Gasteiger partial charge in [-0.2, -0.15) is 0 Å². The molecular formula is C17H16N4O3.